The number of aromatic nitrogens is 1. The number of hydrogen-bond donors (Lipinski definition) is 0. The lowest BCUT2D eigenvalue weighted by molar-refractivity contribution is 0.310. The van der Waals surface area contributed by atoms with Crippen molar-refractivity contribution in [1.82, 2.24) is 4.98 Å². The highest BCUT2D eigenvalue weighted by Crippen LogP contribution is 2.24. The van der Waals surface area contributed by atoms with Crippen LogP contribution in [0, 0.1) is 0 Å². The molecule has 2 heteroatoms. The van der Waals surface area contributed by atoms with Crippen LogP contribution in [-0.2, 0) is 12.8 Å². The van der Waals surface area contributed by atoms with Crippen LogP contribution in [0.3, 0.4) is 0 Å². The number of ether oxygens (including phenoxy) is 1. The van der Waals surface area contributed by atoms with Crippen molar-refractivity contribution in [1.29, 1.82) is 0 Å². The summed E-state index contributed by atoms with van der Waals surface area (Å²) in [5.41, 5.74) is 2.49. The van der Waals surface area contributed by atoms with E-state index in [2.05, 4.69) is 25.8 Å². The van der Waals surface area contributed by atoms with E-state index in [0.29, 0.717) is 0 Å². The van der Waals surface area contributed by atoms with Gasteiger partial charge in [0.2, 0.25) is 0 Å². The van der Waals surface area contributed by atoms with Crippen LogP contribution < -0.4 is 4.74 Å². The maximum absolute atomic E-state index is 5.82. The average molecular weight is 207 g/mol. The first kappa shape index (κ1) is 12.0. The van der Waals surface area contributed by atoms with Gasteiger partial charge < -0.3 is 4.74 Å². The van der Waals surface area contributed by atoms with Gasteiger partial charge in [-0.2, -0.15) is 0 Å². The zero-order chi connectivity index (χ0) is 11.1. The summed E-state index contributed by atoms with van der Waals surface area (Å²) in [6, 6.07) is 0. The molecule has 84 valence electrons. The Balaban J connectivity index is 2.92. The molecule has 1 aromatic rings. The molecular formula is C13H21NO. The third-order valence-corrected chi connectivity index (χ3v) is 2.39. The molecule has 0 amide bonds. The molecule has 1 aromatic heterocycles. The van der Waals surface area contributed by atoms with Crippen LogP contribution in [-0.4, -0.2) is 11.6 Å². The van der Waals surface area contributed by atoms with Gasteiger partial charge in [-0.25, -0.2) is 0 Å². The maximum Gasteiger partial charge on any atom is 0.128 e. The van der Waals surface area contributed by atoms with E-state index in [-0.39, 0.29) is 0 Å². The van der Waals surface area contributed by atoms with Crippen molar-refractivity contribution in [3.8, 4) is 5.75 Å². The number of hydrogen-bond acceptors (Lipinski definition) is 2. The van der Waals surface area contributed by atoms with Crippen molar-refractivity contribution in [2.45, 2.75) is 46.5 Å². The SMILES string of the molecule is CCCOc1c(CC)cncc1CCC. The van der Waals surface area contributed by atoms with Crippen LogP contribution >= 0.6 is 0 Å². The molecule has 0 saturated carbocycles. The van der Waals surface area contributed by atoms with E-state index in [0.717, 1.165) is 38.0 Å². The quantitative estimate of drug-likeness (QED) is 0.713. The zero-order valence-electron chi connectivity index (χ0n) is 10.0. The van der Waals surface area contributed by atoms with E-state index in [9.17, 15) is 0 Å². The normalized spacial score (nSPS) is 10.3. The van der Waals surface area contributed by atoms with Gasteiger partial charge in [-0.05, 0) is 19.3 Å². The summed E-state index contributed by atoms with van der Waals surface area (Å²) in [6.07, 6.45) is 8.09. The Kier molecular flexibility index (Phi) is 5.16. The van der Waals surface area contributed by atoms with Gasteiger partial charge >= 0.3 is 0 Å². The van der Waals surface area contributed by atoms with Crippen molar-refractivity contribution in [2.75, 3.05) is 6.61 Å². The fraction of sp³-hybridized carbons (Fsp3) is 0.615. The number of aryl methyl sites for hydroxylation is 2. The highest BCUT2D eigenvalue weighted by atomic mass is 16.5. The van der Waals surface area contributed by atoms with Gasteiger partial charge in [-0.1, -0.05) is 27.2 Å². The smallest absolute Gasteiger partial charge is 0.128 e. The van der Waals surface area contributed by atoms with Crippen molar-refractivity contribution < 1.29 is 4.74 Å². The second-order valence-corrected chi connectivity index (χ2v) is 3.74. The monoisotopic (exact) mass is 207 g/mol. The molecule has 0 fully saturated rings. The highest BCUT2D eigenvalue weighted by Gasteiger charge is 2.08. The molecule has 0 aromatic carbocycles. The Morgan fingerprint density at radius 1 is 1.07 bits per heavy atom. The predicted octanol–water partition coefficient (Wildman–Crippen LogP) is 3.39. The first-order valence-corrected chi connectivity index (χ1v) is 5.91. The van der Waals surface area contributed by atoms with Crippen LogP contribution in [0.15, 0.2) is 12.4 Å². The van der Waals surface area contributed by atoms with Crippen molar-refractivity contribution in [2.24, 2.45) is 0 Å². The second-order valence-electron chi connectivity index (χ2n) is 3.74. The van der Waals surface area contributed by atoms with E-state index in [4.69, 9.17) is 4.74 Å². The Morgan fingerprint density at radius 2 is 1.80 bits per heavy atom. The largest absolute Gasteiger partial charge is 0.493 e. The molecule has 0 unspecified atom stereocenters. The fourth-order valence-corrected chi connectivity index (χ4v) is 1.63. The summed E-state index contributed by atoms with van der Waals surface area (Å²) in [5, 5.41) is 0. The average Bonchev–Trinajstić information content (AvgIpc) is 2.27. The lowest BCUT2D eigenvalue weighted by Crippen LogP contribution is -2.03. The summed E-state index contributed by atoms with van der Waals surface area (Å²) in [6.45, 7) is 7.26. The highest BCUT2D eigenvalue weighted by molar-refractivity contribution is 5.38. The van der Waals surface area contributed by atoms with Crippen LogP contribution in [0.2, 0.25) is 0 Å². The summed E-state index contributed by atoms with van der Waals surface area (Å²) < 4.78 is 5.82. The molecule has 0 saturated heterocycles. The van der Waals surface area contributed by atoms with E-state index in [1.165, 1.54) is 11.1 Å². The molecular weight excluding hydrogens is 186 g/mol. The standard InChI is InChI=1S/C13H21NO/c1-4-7-12-10-14-9-11(6-3)13(12)15-8-5-2/h9-10H,4-8H2,1-3H3. The van der Waals surface area contributed by atoms with E-state index in [1.54, 1.807) is 0 Å². The van der Waals surface area contributed by atoms with Gasteiger partial charge in [0, 0.05) is 23.5 Å². The summed E-state index contributed by atoms with van der Waals surface area (Å²) in [4.78, 5) is 4.26. The van der Waals surface area contributed by atoms with Crippen molar-refractivity contribution in [3.63, 3.8) is 0 Å². The molecule has 1 heterocycles. The summed E-state index contributed by atoms with van der Waals surface area (Å²) in [5.74, 6) is 1.08. The molecule has 0 aliphatic heterocycles. The topological polar surface area (TPSA) is 22.1 Å². The number of nitrogens with zero attached hydrogens (tertiary/aromatic N) is 1. The molecule has 0 atom stereocenters. The van der Waals surface area contributed by atoms with Crippen LogP contribution in [0.4, 0.5) is 0 Å². The molecule has 2 nitrogen and oxygen atoms in total. The first-order chi connectivity index (χ1) is 7.33. The Hall–Kier alpha value is -1.05. The van der Waals surface area contributed by atoms with Crippen molar-refractivity contribution >= 4 is 0 Å². The fourth-order valence-electron chi connectivity index (χ4n) is 1.63. The minimum Gasteiger partial charge on any atom is -0.493 e. The Morgan fingerprint density at radius 3 is 2.40 bits per heavy atom. The molecule has 0 spiro atoms. The zero-order valence-corrected chi connectivity index (χ0v) is 10.0. The molecule has 0 N–H and O–H groups in total. The minimum atomic E-state index is 0.799. The minimum absolute atomic E-state index is 0.799. The van der Waals surface area contributed by atoms with Crippen molar-refractivity contribution in [3.05, 3.63) is 23.5 Å². The van der Waals surface area contributed by atoms with Gasteiger partial charge in [0.25, 0.3) is 0 Å². The predicted molar refractivity (Wildman–Crippen MR) is 63.4 cm³/mol. The molecule has 0 aliphatic carbocycles. The third kappa shape index (κ3) is 3.22. The summed E-state index contributed by atoms with van der Waals surface area (Å²) in [7, 11) is 0. The summed E-state index contributed by atoms with van der Waals surface area (Å²) >= 11 is 0. The maximum atomic E-state index is 5.82. The van der Waals surface area contributed by atoms with Gasteiger partial charge in [-0.15, -0.1) is 0 Å². The van der Waals surface area contributed by atoms with Gasteiger partial charge in [-0.3, -0.25) is 4.98 Å². The van der Waals surface area contributed by atoms with Gasteiger partial charge in [0.15, 0.2) is 0 Å². The van der Waals surface area contributed by atoms with Gasteiger partial charge in [0.05, 0.1) is 6.61 Å². The van der Waals surface area contributed by atoms with Crippen LogP contribution in [0.1, 0.15) is 44.7 Å². The van der Waals surface area contributed by atoms with Crippen LogP contribution in [0.5, 0.6) is 5.75 Å². The Bertz CT molecular complexity index is 297. The molecule has 0 radical (unpaired) electrons. The lowest BCUT2D eigenvalue weighted by atomic mass is 10.1. The Labute approximate surface area is 92.7 Å². The molecule has 0 aliphatic rings. The number of rotatable bonds is 6. The van der Waals surface area contributed by atoms with E-state index >= 15 is 0 Å². The van der Waals surface area contributed by atoms with Gasteiger partial charge in [0.1, 0.15) is 5.75 Å². The molecule has 1 rings (SSSR count). The third-order valence-electron chi connectivity index (χ3n) is 2.39. The lowest BCUT2D eigenvalue weighted by Gasteiger charge is -2.13. The molecule has 15 heavy (non-hydrogen) atoms. The first-order valence-electron chi connectivity index (χ1n) is 5.91. The molecule has 0 bridgehead atoms. The van der Waals surface area contributed by atoms with E-state index < -0.39 is 0 Å². The van der Waals surface area contributed by atoms with Crippen LogP contribution in [0.25, 0.3) is 0 Å². The second kappa shape index (κ2) is 6.44. The van der Waals surface area contributed by atoms with E-state index in [1.807, 2.05) is 12.4 Å². The number of pyridine rings is 1.